The Labute approximate surface area is 202 Å². The molecule has 1 aromatic heterocycles. The molecule has 0 saturated heterocycles. The Hall–Kier alpha value is -3.54. The van der Waals surface area contributed by atoms with Gasteiger partial charge in [0.15, 0.2) is 0 Å². The average Bonchev–Trinajstić information content (AvgIpc) is 3.36. The highest BCUT2D eigenvalue weighted by molar-refractivity contribution is 6.00. The average molecular weight is 459 g/mol. The van der Waals surface area contributed by atoms with Crippen LogP contribution in [0.25, 0.3) is 5.69 Å². The third kappa shape index (κ3) is 4.86. The Morgan fingerprint density at radius 2 is 1.59 bits per heavy atom. The molecule has 1 aliphatic rings. The molecule has 2 heterocycles. The molecule has 6 heteroatoms. The third-order valence-electron chi connectivity index (χ3n) is 6.30. The Bertz CT molecular complexity index is 1110. The lowest BCUT2D eigenvalue weighted by Crippen LogP contribution is -2.49. The summed E-state index contributed by atoms with van der Waals surface area (Å²) < 4.78 is 2.16. The Balaban J connectivity index is 1.69. The fourth-order valence-corrected chi connectivity index (χ4v) is 4.54. The van der Waals surface area contributed by atoms with Crippen LogP contribution in [0.3, 0.4) is 0 Å². The second kappa shape index (κ2) is 11.1. The van der Waals surface area contributed by atoms with Crippen molar-refractivity contribution < 1.29 is 9.59 Å². The lowest BCUT2D eigenvalue weighted by molar-refractivity contribution is -0.119. The Morgan fingerprint density at radius 3 is 2.32 bits per heavy atom. The maximum absolute atomic E-state index is 14.0. The lowest BCUT2D eigenvalue weighted by Gasteiger charge is -2.39. The number of nitrogens with one attached hydrogen (secondary N) is 1. The van der Waals surface area contributed by atoms with Gasteiger partial charge in [-0.15, -0.1) is 0 Å². The predicted molar refractivity (Wildman–Crippen MR) is 136 cm³/mol. The van der Waals surface area contributed by atoms with E-state index in [0.29, 0.717) is 13.1 Å². The number of hydrogen-bond donors (Lipinski definition) is 1. The standard InChI is InChI=1S/C28H34N4O2/c1-3-5-18-29-28(34)30(19-6-4-2)21-26(33)32-24-16-11-10-15-23(24)31-20-12-17-25(31)27(32)22-13-8-7-9-14-22/h7-17,20,27H,3-6,18-19,21H2,1-2H3,(H,29,34). The van der Waals surface area contributed by atoms with Crippen LogP contribution in [-0.4, -0.2) is 41.0 Å². The van der Waals surface area contributed by atoms with Crippen molar-refractivity contribution >= 4 is 17.6 Å². The molecule has 0 fully saturated rings. The van der Waals surface area contributed by atoms with E-state index in [-0.39, 0.29) is 24.5 Å². The van der Waals surface area contributed by atoms with Gasteiger partial charge in [-0.3, -0.25) is 9.69 Å². The number of amides is 3. The van der Waals surface area contributed by atoms with Gasteiger partial charge in [0.25, 0.3) is 0 Å². The Morgan fingerprint density at radius 1 is 0.882 bits per heavy atom. The van der Waals surface area contributed by atoms with Crippen molar-refractivity contribution in [3.8, 4) is 5.69 Å². The number of benzene rings is 2. The molecule has 6 nitrogen and oxygen atoms in total. The molecular weight excluding hydrogens is 424 g/mol. The van der Waals surface area contributed by atoms with E-state index < -0.39 is 0 Å². The number of fused-ring (bicyclic) bond motifs is 3. The van der Waals surface area contributed by atoms with E-state index in [4.69, 9.17) is 0 Å². The van der Waals surface area contributed by atoms with E-state index in [2.05, 4.69) is 41.9 Å². The van der Waals surface area contributed by atoms with Crippen LogP contribution >= 0.6 is 0 Å². The van der Waals surface area contributed by atoms with E-state index >= 15 is 0 Å². The van der Waals surface area contributed by atoms with Gasteiger partial charge in [0, 0.05) is 19.3 Å². The second-order valence-corrected chi connectivity index (χ2v) is 8.73. The monoisotopic (exact) mass is 458 g/mol. The number of carbonyl (C=O) groups excluding carboxylic acids is 2. The lowest BCUT2D eigenvalue weighted by atomic mass is 9.97. The molecule has 3 aromatic rings. The molecule has 0 bridgehead atoms. The molecule has 1 unspecified atom stereocenters. The fraction of sp³-hybridized carbons (Fsp3) is 0.357. The van der Waals surface area contributed by atoms with Crippen molar-refractivity contribution in [2.75, 3.05) is 24.5 Å². The minimum absolute atomic E-state index is 0.0380. The summed E-state index contributed by atoms with van der Waals surface area (Å²) in [6.07, 6.45) is 5.79. The molecule has 1 aliphatic heterocycles. The van der Waals surface area contributed by atoms with Crippen LogP contribution in [0.4, 0.5) is 10.5 Å². The molecule has 178 valence electrons. The molecule has 0 radical (unpaired) electrons. The SMILES string of the molecule is CCCCNC(=O)N(CCCC)CC(=O)N1c2ccccc2-n2cccc2C1c1ccccc1. The van der Waals surface area contributed by atoms with E-state index in [9.17, 15) is 9.59 Å². The van der Waals surface area contributed by atoms with E-state index in [1.54, 1.807) is 4.90 Å². The molecule has 34 heavy (non-hydrogen) atoms. The van der Waals surface area contributed by atoms with Gasteiger partial charge < -0.3 is 14.8 Å². The van der Waals surface area contributed by atoms with Crippen LogP contribution in [0.5, 0.6) is 0 Å². The van der Waals surface area contributed by atoms with Crippen molar-refractivity contribution in [1.29, 1.82) is 0 Å². The zero-order valence-electron chi connectivity index (χ0n) is 20.1. The van der Waals surface area contributed by atoms with E-state index in [1.807, 2.05) is 59.6 Å². The van der Waals surface area contributed by atoms with Crippen LogP contribution in [0.15, 0.2) is 72.9 Å². The number of hydrogen-bond acceptors (Lipinski definition) is 2. The summed E-state index contributed by atoms with van der Waals surface area (Å²) in [5.74, 6) is -0.0875. The number of para-hydroxylation sites is 2. The first-order valence-electron chi connectivity index (χ1n) is 12.3. The van der Waals surface area contributed by atoms with Gasteiger partial charge in [0.1, 0.15) is 12.6 Å². The summed E-state index contributed by atoms with van der Waals surface area (Å²) in [4.78, 5) is 30.5. The first kappa shape index (κ1) is 23.6. The van der Waals surface area contributed by atoms with E-state index in [0.717, 1.165) is 48.3 Å². The van der Waals surface area contributed by atoms with Gasteiger partial charge >= 0.3 is 6.03 Å². The van der Waals surface area contributed by atoms with Gasteiger partial charge in [0.05, 0.1) is 17.1 Å². The molecule has 0 saturated carbocycles. The molecule has 1 N–H and O–H groups in total. The molecular formula is C28H34N4O2. The summed E-state index contributed by atoms with van der Waals surface area (Å²) in [6.45, 7) is 5.41. The second-order valence-electron chi connectivity index (χ2n) is 8.73. The largest absolute Gasteiger partial charge is 0.338 e. The van der Waals surface area contributed by atoms with Gasteiger partial charge in [0.2, 0.25) is 5.91 Å². The first-order valence-corrected chi connectivity index (χ1v) is 12.3. The van der Waals surface area contributed by atoms with Crippen LogP contribution in [0.2, 0.25) is 0 Å². The minimum atomic E-state index is -0.269. The zero-order valence-corrected chi connectivity index (χ0v) is 20.1. The topological polar surface area (TPSA) is 57.6 Å². The van der Waals surface area contributed by atoms with Gasteiger partial charge in [-0.1, -0.05) is 69.2 Å². The van der Waals surface area contributed by atoms with Crippen molar-refractivity contribution in [3.05, 3.63) is 84.2 Å². The van der Waals surface area contributed by atoms with Gasteiger partial charge in [-0.05, 0) is 42.7 Å². The highest BCUT2D eigenvalue weighted by atomic mass is 16.2. The number of nitrogens with zero attached hydrogens (tertiary/aromatic N) is 3. The van der Waals surface area contributed by atoms with Crippen molar-refractivity contribution in [2.45, 2.75) is 45.6 Å². The predicted octanol–water partition coefficient (Wildman–Crippen LogP) is 5.53. The van der Waals surface area contributed by atoms with Crippen LogP contribution in [0, 0.1) is 0 Å². The van der Waals surface area contributed by atoms with Crippen LogP contribution in [0.1, 0.15) is 56.8 Å². The maximum atomic E-state index is 14.0. The first-order chi connectivity index (χ1) is 16.7. The summed E-state index contributed by atoms with van der Waals surface area (Å²) in [7, 11) is 0. The highest BCUT2D eigenvalue weighted by Crippen LogP contribution is 2.42. The minimum Gasteiger partial charge on any atom is -0.338 e. The van der Waals surface area contributed by atoms with Crippen molar-refractivity contribution in [2.24, 2.45) is 0 Å². The molecule has 0 aliphatic carbocycles. The number of aromatic nitrogens is 1. The molecule has 2 aromatic carbocycles. The molecule has 1 atom stereocenters. The fourth-order valence-electron chi connectivity index (χ4n) is 4.54. The number of unbranched alkanes of at least 4 members (excludes halogenated alkanes) is 2. The number of urea groups is 1. The van der Waals surface area contributed by atoms with Crippen LogP contribution in [-0.2, 0) is 4.79 Å². The van der Waals surface area contributed by atoms with Crippen molar-refractivity contribution in [3.63, 3.8) is 0 Å². The summed E-state index contributed by atoms with van der Waals surface area (Å²) in [5.41, 5.74) is 3.89. The molecule has 0 spiro atoms. The third-order valence-corrected chi connectivity index (χ3v) is 6.30. The molecule has 3 amide bonds. The highest BCUT2D eigenvalue weighted by Gasteiger charge is 2.36. The van der Waals surface area contributed by atoms with E-state index in [1.165, 1.54) is 0 Å². The number of rotatable bonds is 9. The van der Waals surface area contributed by atoms with Gasteiger partial charge in [-0.25, -0.2) is 4.79 Å². The summed E-state index contributed by atoms with van der Waals surface area (Å²) in [5, 5.41) is 2.99. The van der Waals surface area contributed by atoms with Gasteiger partial charge in [-0.2, -0.15) is 0 Å². The summed E-state index contributed by atoms with van der Waals surface area (Å²) >= 11 is 0. The smallest absolute Gasteiger partial charge is 0.317 e. The molecule has 4 rings (SSSR count). The van der Waals surface area contributed by atoms with Crippen molar-refractivity contribution in [1.82, 2.24) is 14.8 Å². The maximum Gasteiger partial charge on any atom is 0.317 e. The normalized spacial score (nSPS) is 14.3. The van der Waals surface area contributed by atoms with Crippen LogP contribution < -0.4 is 10.2 Å². The Kier molecular flexibility index (Phi) is 7.68. The number of anilines is 1. The zero-order chi connectivity index (χ0) is 23.9. The number of carbonyl (C=O) groups is 2. The summed E-state index contributed by atoms with van der Waals surface area (Å²) in [6, 6.07) is 21.7. The quantitative estimate of drug-likeness (QED) is 0.429.